The summed E-state index contributed by atoms with van der Waals surface area (Å²) in [6.07, 6.45) is 3.36. The highest BCUT2D eigenvalue weighted by Crippen LogP contribution is 2.38. The molecule has 0 aliphatic carbocycles. The van der Waals surface area contributed by atoms with Crippen LogP contribution in [-0.2, 0) is 0 Å². The molecule has 0 bridgehead atoms. The van der Waals surface area contributed by atoms with E-state index in [0.717, 1.165) is 27.2 Å². The summed E-state index contributed by atoms with van der Waals surface area (Å²) in [4.78, 5) is 8.89. The van der Waals surface area contributed by atoms with Crippen LogP contribution in [0.2, 0.25) is 5.02 Å². The zero-order valence-corrected chi connectivity index (χ0v) is 12.3. The highest BCUT2D eigenvalue weighted by Gasteiger charge is 2.14. The normalized spacial score (nSPS) is 10.7. The molecule has 3 aromatic rings. The minimum Gasteiger partial charge on any atom is -0.494 e. The fourth-order valence-electron chi connectivity index (χ4n) is 2.01. The molecule has 0 atom stereocenters. The summed E-state index contributed by atoms with van der Waals surface area (Å²) in [7, 11) is 1.58. The first-order valence-corrected chi connectivity index (χ1v) is 7.20. The number of rotatable bonds is 3. The molecule has 3 rings (SSSR count). The first-order chi connectivity index (χ1) is 9.74. The van der Waals surface area contributed by atoms with Crippen molar-refractivity contribution < 1.29 is 4.74 Å². The minimum atomic E-state index is 0.559. The molecule has 0 amide bonds. The standard InChI is InChI=1S/C15H11ClN2OS/c1-3-9-8-20-15(18-9)10-5-4-6-11-13(10)14(16)12(19-2)7-17-11/h3-8H,1H2,2H3. The molecule has 3 nitrogen and oxygen atoms in total. The third-order valence-electron chi connectivity index (χ3n) is 2.98. The summed E-state index contributed by atoms with van der Waals surface area (Å²) in [5, 5.41) is 4.27. The molecule has 20 heavy (non-hydrogen) atoms. The molecule has 0 radical (unpaired) electrons. The lowest BCUT2D eigenvalue weighted by Crippen LogP contribution is -1.90. The molecule has 0 saturated heterocycles. The van der Waals surface area contributed by atoms with E-state index in [4.69, 9.17) is 16.3 Å². The first kappa shape index (κ1) is 13.1. The second-order valence-electron chi connectivity index (χ2n) is 4.12. The number of halogens is 1. The molecule has 100 valence electrons. The van der Waals surface area contributed by atoms with Gasteiger partial charge in [0.25, 0.3) is 0 Å². The van der Waals surface area contributed by atoms with E-state index < -0.39 is 0 Å². The molecule has 2 aromatic heterocycles. The maximum Gasteiger partial charge on any atom is 0.156 e. The first-order valence-electron chi connectivity index (χ1n) is 5.94. The average Bonchev–Trinajstić information content (AvgIpc) is 2.96. The molecule has 0 aliphatic rings. The van der Waals surface area contributed by atoms with Crippen molar-refractivity contribution in [2.45, 2.75) is 0 Å². The molecule has 5 heteroatoms. The molecule has 2 heterocycles. The smallest absolute Gasteiger partial charge is 0.156 e. The van der Waals surface area contributed by atoms with Crippen molar-refractivity contribution in [1.29, 1.82) is 0 Å². The van der Waals surface area contributed by atoms with E-state index in [1.165, 1.54) is 0 Å². The number of nitrogens with zero attached hydrogens (tertiary/aromatic N) is 2. The summed E-state index contributed by atoms with van der Waals surface area (Å²) in [6, 6.07) is 5.86. The fraction of sp³-hybridized carbons (Fsp3) is 0.0667. The van der Waals surface area contributed by atoms with Crippen molar-refractivity contribution in [3.8, 4) is 16.3 Å². The Kier molecular flexibility index (Phi) is 3.42. The van der Waals surface area contributed by atoms with Crippen LogP contribution in [0.1, 0.15) is 5.69 Å². The van der Waals surface area contributed by atoms with Gasteiger partial charge in [0.1, 0.15) is 5.01 Å². The molecule has 0 N–H and O–H groups in total. The van der Waals surface area contributed by atoms with Gasteiger partial charge in [-0.05, 0) is 12.1 Å². The van der Waals surface area contributed by atoms with Crippen LogP contribution in [0.5, 0.6) is 5.75 Å². The van der Waals surface area contributed by atoms with Crippen LogP contribution >= 0.6 is 22.9 Å². The predicted octanol–water partition coefficient (Wildman–Crippen LogP) is 4.66. The van der Waals surface area contributed by atoms with Crippen molar-refractivity contribution in [2.75, 3.05) is 7.11 Å². The summed E-state index contributed by atoms with van der Waals surface area (Å²) >= 11 is 7.98. The Labute approximate surface area is 125 Å². The molecule has 0 unspecified atom stereocenters. The number of ether oxygens (including phenoxy) is 1. The molecular weight excluding hydrogens is 292 g/mol. The Bertz CT molecular complexity index is 798. The quantitative estimate of drug-likeness (QED) is 0.705. The van der Waals surface area contributed by atoms with E-state index in [1.54, 1.807) is 30.7 Å². The van der Waals surface area contributed by atoms with Crippen LogP contribution in [0.4, 0.5) is 0 Å². The second-order valence-corrected chi connectivity index (χ2v) is 5.36. The lowest BCUT2D eigenvalue weighted by molar-refractivity contribution is 0.414. The van der Waals surface area contributed by atoms with Gasteiger partial charge >= 0.3 is 0 Å². The SMILES string of the molecule is C=Cc1csc(-c2cccc3ncc(OC)c(Cl)c23)n1. The summed E-state index contributed by atoms with van der Waals surface area (Å²) in [6.45, 7) is 3.73. The Morgan fingerprint density at radius 2 is 2.25 bits per heavy atom. The van der Waals surface area contributed by atoms with Crippen LogP contribution in [0.15, 0.2) is 36.4 Å². The third-order valence-corrected chi connectivity index (χ3v) is 4.25. The van der Waals surface area contributed by atoms with E-state index in [-0.39, 0.29) is 0 Å². The van der Waals surface area contributed by atoms with Crippen molar-refractivity contribution >= 4 is 39.9 Å². The molecule has 0 saturated carbocycles. The molecule has 0 spiro atoms. The van der Waals surface area contributed by atoms with Crippen molar-refractivity contribution in [1.82, 2.24) is 9.97 Å². The number of hydrogen-bond acceptors (Lipinski definition) is 4. The van der Waals surface area contributed by atoms with Crippen LogP contribution in [0.3, 0.4) is 0 Å². The van der Waals surface area contributed by atoms with Gasteiger partial charge in [-0.1, -0.05) is 30.3 Å². The van der Waals surface area contributed by atoms with Gasteiger partial charge in [-0.3, -0.25) is 4.98 Å². The van der Waals surface area contributed by atoms with Gasteiger partial charge in [-0.25, -0.2) is 4.98 Å². The van der Waals surface area contributed by atoms with Crippen LogP contribution < -0.4 is 4.74 Å². The van der Waals surface area contributed by atoms with E-state index in [0.29, 0.717) is 10.8 Å². The molecular formula is C15H11ClN2OS. The predicted molar refractivity (Wildman–Crippen MR) is 84.5 cm³/mol. The number of thiazole rings is 1. The maximum atomic E-state index is 6.43. The van der Waals surface area contributed by atoms with Gasteiger partial charge < -0.3 is 4.74 Å². The third kappa shape index (κ3) is 2.07. The number of hydrogen-bond donors (Lipinski definition) is 0. The summed E-state index contributed by atoms with van der Waals surface area (Å²) in [5.74, 6) is 0.562. The maximum absolute atomic E-state index is 6.43. The van der Waals surface area contributed by atoms with Gasteiger partial charge in [0, 0.05) is 16.3 Å². The van der Waals surface area contributed by atoms with Crippen molar-refractivity contribution in [3.05, 3.63) is 47.1 Å². The van der Waals surface area contributed by atoms with E-state index >= 15 is 0 Å². The Hall–Kier alpha value is -1.91. The van der Waals surface area contributed by atoms with E-state index in [1.807, 2.05) is 23.6 Å². The van der Waals surface area contributed by atoms with Gasteiger partial charge in [-0.15, -0.1) is 11.3 Å². The topological polar surface area (TPSA) is 35.0 Å². The summed E-state index contributed by atoms with van der Waals surface area (Å²) in [5.41, 5.74) is 2.63. The van der Waals surface area contributed by atoms with Crippen LogP contribution in [0, 0.1) is 0 Å². The van der Waals surface area contributed by atoms with Gasteiger partial charge in [-0.2, -0.15) is 0 Å². The lowest BCUT2D eigenvalue weighted by Gasteiger charge is -2.08. The van der Waals surface area contributed by atoms with Gasteiger partial charge in [0.05, 0.1) is 29.5 Å². The monoisotopic (exact) mass is 302 g/mol. The molecule has 0 fully saturated rings. The van der Waals surface area contributed by atoms with Gasteiger partial charge in [0.2, 0.25) is 0 Å². The van der Waals surface area contributed by atoms with Crippen LogP contribution in [0.25, 0.3) is 27.6 Å². The zero-order valence-electron chi connectivity index (χ0n) is 10.8. The Morgan fingerprint density at radius 3 is 2.95 bits per heavy atom. The Balaban J connectivity index is 2.32. The van der Waals surface area contributed by atoms with Crippen molar-refractivity contribution in [3.63, 3.8) is 0 Å². The minimum absolute atomic E-state index is 0.559. The van der Waals surface area contributed by atoms with Crippen LogP contribution in [-0.4, -0.2) is 17.1 Å². The van der Waals surface area contributed by atoms with Gasteiger partial charge in [0.15, 0.2) is 5.75 Å². The average molecular weight is 303 g/mol. The number of benzene rings is 1. The number of pyridine rings is 1. The highest BCUT2D eigenvalue weighted by atomic mass is 35.5. The highest BCUT2D eigenvalue weighted by molar-refractivity contribution is 7.13. The summed E-state index contributed by atoms with van der Waals surface area (Å²) < 4.78 is 5.24. The molecule has 1 aromatic carbocycles. The lowest BCUT2D eigenvalue weighted by atomic mass is 10.1. The van der Waals surface area contributed by atoms with E-state index in [2.05, 4.69) is 16.5 Å². The number of methoxy groups -OCH3 is 1. The van der Waals surface area contributed by atoms with Crippen molar-refractivity contribution in [2.24, 2.45) is 0 Å². The fourth-order valence-corrected chi connectivity index (χ4v) is 3.17. The second kappa shape index (κ2) is 5.23. The number of aromatic nitrogens is 2. The number of fused-ring (bicyclic) bond motifs is 1. The van der Waals surface area contributed by atoms with E-state index in [9.17, 15) is 0 Å². The molecule has 0 aliphatic heterocycles. The Morgan fingerprint density at radius 1 is 1.40 bits per heavy atom. The zero-order chi connectivity index (χ0) is 14.1. The largest absolute Gasteiger partial charge is 0.494 e.